The molecule has 1 unspecified atom stereocenters. The standard InChI is InChI=1S/C16H20N6S/c17-16-22(13-6-2-3-7-18-13)14(12-10-19-20-11-12)15(23-16)21-8-4-1-5-9-21/h2-3,6-7,10-11,16H,1,4-5,8-9,17H2,(H,19,20). The molecule has 2 aromatic heterocycles. The number of pyridine rings is 1. The molecule has 0 amide bonds. The Hall–Kier alpha value is -1.99. The molecular weight excluding hydrogens is 308 g/mol. The highest BCUT2D eigenvalue weighted by Crippen LogP contribution is 2.45. The minimum absolute atomic E-state index is 0.174. The minimum Gasteiger partial charge on any atom is -0.365 e. The van der Waals surface area contributed by atoms with Gasteiger partial charge in [-0.2, -0.15) is 5.10 Å². The highest BCUT2D eigenvalue weighted by atomic mass is 32.2. The number of rotatable bonds is 3. The average Bonchev–Trinajstić information content (AvgIpc) is 3.24. The van der Waals surface area contributed by atoms with Crippen LogP contribution in [0.5, 0.6) is 0 Å². The zero-order valence-electron chi connectivity index (χ0n) is 12.9. The van der Waals surface area contributed by atoms with Crippen LogP contribution < -0.4 is 10.6 Å². The zero-order valence-corrected chi connectivity index (χ0v) is 13.7. The smallest absolute Gasteiger partial charge is 0.137 e. The summed E-state index contributed by atoms with van der Waals surface area (Å²) in [5.74, 6) is 0.871. The summed E-state index contributed by atoms with van der Waals surface area (Å²) >= 11 is 1.71. The Balaban J connectivity index is 1.80. The molecule has 1 fully saturated rings. The number of H-pyrrole nitrogens is 1. The third kappa shape index (κ3) is 2.70. The first-order valence-corrected chi connectivity index (χ1v) is 8.83. The Morgan fingerprint density at radius 3 is 2.78 bits per heavy atom. The van der Waals surface area contributed by atoms with E-state index in [1.165, 1.54) is 24.3 Å². The Morgan fingerprint density at radius 2 is 2.09 bits per heavy atom. The highest BCUT2D eigenvalue weighted by molar-refractivity contribution is 8.04. The van der Waals surface area contributed by atoms with Crippen molar-refractivity contribution in [2.24, 2.45) is 5.73 Å². The molecule has 0 aliphatic carbocycles. The molecule has 2 aliphatic heterocycles. The third-order valence-electron chi connectivity index (χ3n) is 4.24. The van der Waals surface area contributed by atoms with Crippen LogP contribution in [0.2, 0.25) is 0 Å². The molecule has 6 nitrogen and oxygen atoms in total. The lowest BCUT2D eigenvalue weighted by Gasteiger charge is -2.30. The summed E-state index contributed by atoms with van der Waals surface area (Å²) in [7, 11) is 0. The Morgan fingerprint density at radius 1 is 1.22 bits per heavy atom. The molecule has 1 saturated heterocycles. The first kappa shape index (κ1) is 14.6. The monoisotopic (exact) mass is 328 g/mol. The fraction of sp³-hybridized carbons (Fsp3) is 0.375. The lowest BCUT2D eigenvalue weighted by atomic mass is 10.1. The van der Waals surface area contributed by atoms with Crippen molar-refractivity contribution < 1.29 is 0 Å². The van der Waals surface area contributed by atoms with Gasteiger partial charge in [-0.1, -0.05) is 17.8 Å². The summed E-state index contributed by atoms with van der Waals surface area (Å²) in [6.07, 6.45) is 9.37. The highest BCUT2D eigenvalue weighted by Gasteiger charge is 2.36. The molecule has 0 saturated carbocycles. The molecule has 3 N–H and O–H groups in total. The maximum absolute atomic E-state index is 6.45. The fourth-order valence-electron chi connectivity index (χ4n) is 3.16. The van der Waals surface area contributed by atoms with Gasteiger partial charge in [-0.25, -0.2) is 4.98 Å². The first-order valence-electron chi connectivity index (χ1n) is 7.95. The molecule has 2 aromatic rings. The maximum Gasteiger partial charge on any atom is 0.137 e. The van der Waals surface area contributed by atoms with Gasteiger partial charge in [0.2, 0.25) is 0 Å². The van der Waals surface area contributed by atoms with E-state index in [0.717, 1.165) is 30.2 Å². The summed E-state index contributed by atoms with van der Waals surface area (Å²) in [5, 5.41) is 8.28. The summed E-state index contributed by atoms with van der Waals surface area (Å²) in [4.78, 5) is 9.07. The molecule has 4 rings (SSSR count). The average molecular weight is 328 g/mol. The van der Waals surface area contributed by atoms with Gasteiger partial charge in [-0.15, -0.1) is 0 Å². The van der Waals surface area contributed by atoms with Gasteiger partial charge in [-0.05, 0) is 31.4 Å². The zero-order chi connectivity index (χ0) is 15.6. The van der Waals surface area contributed by atoms with Crippen molar-refractivity contribution >= 4 is 23.3 Å². The van der Waals surface area contributed by atoms with Crippen molar-refractivity contribution in [3.05, 3.63) is 47.4 Å². The van der Waals surface area contributed by atoms with Crippen molar-refractivity contribution in [2.75, 3.05) is 18.0 Å². The van der Waals surface area contributed by atoms with Crippen LogP contribution in [-0.4, -0.2) is 38.7 Å². The number of hydrogen-bond donors (Lipinski definition) is 2. The van der Waals surface area contributed by atoms with E-state index in [-0.39, 0.29) is 5.50 Å². The van der Waals surface area contributed by atoms with Crippen LogP contribution in [0.25, 0.3) is 5.70 Å². The van der Waals surface area contributed by atoms with E-state index < -0.39 is 0 Å². The number of nitrogens with zero attached hydrogens (tertiary/aromatic N) is 4. The second-order valence-corrected chi connectivity index (χ2v) is 6.86. The second kappa shape index (κ2) is 6.25. The van der Waals surface area contributed by atoms with Crippen molar-refractivity contribution in [1.82, 2.24) is 20.1 Å². The van der Waals surface area contributed by atoms with Gasteiger partial charge in [0.15, 0.2) is 0 Å². The van der Waals surface area contributed by atoms with Crippen LogP contribution in [0, 0.1) is 0 Å². The van der Waals surface area contributed by atoms with E-state index >= 15 is 0 Å². The number of aromatic amines is 1. The first-order chi connectivity index (χ1) is 11.3. The SMILES string of the molecule is NC1SC(N2CCCCC2)=C(c2cn[nH]c2)N1c1ccccn1. The molecule has 0 spiro atoms. The van der Waals surface area contributed by atoms with E-state index in [1.54, 1.807) is 18.0 Å². The molecular formula is C16H20N6S. The topological polar surface area (TPSA) is 74.1 Å². The minimum atomic E-state index is -0.174. The lowest BCUT2D eigenvalue weighted by molar-refractivity contribution is 0.304. The molecule has 2 aliphatic rings. The molecule has 0 bridgehead atoms. The van der Waals surface area contributed by atoms with Crippen molar-refractivity contribution in [1.29, 1.82) is 0 Å². The van der Waals surface area contributed by atoms with Crippen LogP contribution in [0.4, 0.5) is 5.82 Å². The second-order valence-electron chi connectivity index (χ2n) is 5.75. The molecule has 7 heteroatoms. The van der Waals surface area contributed by atoms with E-state index in [2.05, 4.69) is 25.0 Å². The summed E-state index contributed by atoms with van der Waals surface area (Å²) in [5.41, 5.74) is 8.44. The number of aromatic nitrogens is 3. The predicted octanol–water partition coefficient (Wildman–Crippen LogP) is 2.41. The number of likely N-dealkylation sites (tertiary alicyclic amines) is 1. The summed E-state index contributed by atoms with van der Waals surface area (Å²) < 4.78 is 0. The Bertz CT molecular complexity index is 678. The quantitative estimate of drug-likeness (QED) is 0.901. The van der Waals surface area contributed by atoms with E-state index in [4.69, 9.17) is 5.73 Å². The van der Waals surface area contributed by atoms with E-state index in [9.17, 15) is 0 Å². The molecule has 0 radical (unpaired) electrons. The van der Waals surface area contributed by atoms with Gasteiger partial charge in [0.05, 0.1) is 16.9 Å². The van der Waals surface area contributed by atoms with Crippen LogP contribution in [0.1, 0.15) is 24.8 Å². The normalized spacial score (nSPS) is 22.0. The molecule has 23 heavy (non-hydrogen) atoms. The van der Waals surface area contributed by atoms with Gasteiger partial charge in [0.1, 0.15) is 11.3 Å². The van der Waals surface area contributed by atoms with E-state index in [0.29, 0.717) is 0 Å². The summed E-state index contributed by atoms with van der Waals surface area (Å²) in [6, 6.07) is 5.91. The van der Waals surface area contributed by atoms with Crippen LogP contribution >= 0.6 is 11.8 Å². The number of thioether (sulfide) groups is 1. The van der Waals surface area contributed by atoms with Gasteiger partial charge >= 0.3 is 0 Å². The Kier molecular flexibility index (Phi) is 3.97. The predicted molar refractivity (Wildman–Crippen MR) is 93.2 cm³/mol. The lowest BCUT2D eigenvalue weighted by Crippen LogP contribution is -2.35. The third-order valence-corrected chi connectivity index (χ3v) is 5.37. The van der Waals surface area contributed by atoms with Gasteiger partial charge in [0, 0.05) is 31.0 Å². The van der Waals surface area contributed by atoms with E-state index in [1.807, 2.05) is 30.6 Å². The summed E-state index contributed by atoms with van der Waals surface area (Å²) in [6.45, 7) is 2.18. The van der Waals surface area contributed by atoms with Crippen LogP contribution in [0.3, 0.4) is 0 Å². The maximum atomic E-state index is 6.45. The van der Waals surface area contributed by atoms with Crippen molar-refractivity contribution in [3.8, 4) is 0 Å². The number of nitrogens with one attached hydrogen (secondary N) is 1. The van der Waals surface area contributed by atoms with Crippen LogP contribution in [-0.2, 0) is 0 Å². The number of nitrogens with two attached hydrogens (primary N) is 1. The molecule has 4 heterocycles. The van der Waals surface area contributed by atoms with Crippen molar-refractivity contribution in [3.63, 3.8) is 0 Å². The van der Waals surface area contributed by atoms with Gasteiger partial charge in [-0.3, -0.25) is 10.00 Å². The molecule has 0 aromatic carbocycles. The van der Waals surface area contributed by atoms with Gasteiger partial charge in [0.25, 0.3) is 0 Å². The number of hydrogen-bond acceptors (Lipinski definition) is 6. The molecule has 1 atom stereocenters. The Labute approximate surface area is 139 Å². The van der Waals surface area contributed by atoms with Crippen molar-refractivity contribution in [2.45, 2.75) is 24.8 Å². The number of anilines is 1. The largest absolute Gasteiger partial charge is 0.365 e. The van der Waals surface area contributed by atoms with Crippen LogP contribution in [0.15, 0.2) is 41.8 Å². The fourth-order valence-corrected chi connectivity index (χ4v) is 4.37. The molecule has 120 valence electrons. The van der Waals surface area contributed by atoms with Gasteiger partial charge < -0.3 is 10.6 Å². The number of piperidine rings is 1.